The van der Waals surface area contributed by atoms with E-state index >= 15 is 0 Å². The zero-order valence-electron chi connectivity index (χ0n) is 12.4. The first kappa shape index (κ1) is 13.8. The molecule has 114 valence electrons. The van der Waals surface area contributed by atoms with Crippen LogP contribution in [0.5, 0.6) is 0 Å². The van der Waals surface area contributed by atoms with Gasteiger partial charge in [-0.3, -0.25) is 4.98 Å². The highest BCUT2D eigenvalue weighted by molar-refractivity contribution is 7.80. The number of H-pyrrole nitrogens is 1. The minimum absolute atomic E-state index is 0.105. The van der Waals surface area contributed by atoms with Crippen LogP contribution in [0.4, 0.5) is 0 Å². The molecule has 4 nitrogen and oxygen atoms in total. The fourth-order valence-corrected chi connectivity index (χ4v) is 4.19. The second-order valence-corrected chi connectivity index (χ2v) is 6.48. The molecule has 0 amide bonds. The van der Waals surface area contributed by atoms with Crippen LogP contribution < -0.4 is 5.32 Å². The summed E-state index contributed by atoms with van der Waals surface area (Å²) in [6.07, 6.45) is 8.90. The average molecular weight is 312 g/mol. The lowest BCUT2D eigenvalue weighted by Gasteiger charge is -2.32. The average Bonchev–Trinajstić information content (AvgIpc) is 3.28. The Morgan fingerprint density at radius 1 is 1.14 bits per heavy atom. The molecule has 5 heteroatoms. The van der Waals surface area contributed by atoms with Gasteiger partial charge in [0, 0.05) is 24.1 Å². The van der Waals surface area contributed by atoms with Crippen LogP contribution in [0.3, 0.4) is 0 Å². The summed E-state index contributed by atoms with van der Waals surface area (Å²) >= 11 is 5.68. The standard InChI is InChI=1S/C17H20N4S/c22-17-20-15(13-8-3-4-10-18-13)16(14-9-5-11-19-14)21(17)12-6-1-2-7-12/h3-5,8-12,15-16,19H,1-2,6-7H2,(H,20,22)/t15-,16+/m0/s1. The van der Waals surface area contributed by atoms with Crippen molar-refractivity contribution < 1.29 is 0 Å². The second kappa shape index (κ2) is 5.72. The Bertz CT molecular complexity index is 634. The van der Waals surface area contributed by atoms with Gasteiger partial charge in [0.25, 0.3) is 0 Å². The molecule has 0 radical (unpaired) electrons. The zero-order valence-corrected chi connectivity index (χ0v) is 13.2. The van der Waals surface area contributed by atoms with Crippen LogP contribution in [-0.4, -0.2) is 26.0 Å². The number of nitrogens with zero attached hydrogens (tertiary/aromatic N) is 2. The lowest BCUT2D eigenvalue weighted by Crippen LogP contribution is -2.37. The molecule has 4 rings (SSSR count). The van der Waals surface area contributed by atoms with Crippen molar-refractivity contribution in [1.29, 1.82) is 0 Å². The molecule has 22 heavy (non-hydrogen) atoms. The zero-order chi connectivity index (χ0) is 14.9. The highest BCUT2D eigenvalue weighted by Crippen LogP contribution is 2.41. The normalized spacial score (nSPS) is 25.6. The van der Waals surface area contributed by atoms with Crippen molar-refractivity contribution in [3.63, 3.8) is 0 Å². The third kappa shape index (κ3) is 2.29. The number of thiocarbonyl (C=S) groups is 1. The van der Waals surface area contributed by atoms with E-state index in [1.807, 2.05) is 24.5 Å². The lowest BCUT2D eigenvalue weighted by molar-refractivity contribution is 0.242. The maximum Gasteiger partial charge on any atom is 0.170 e. The maximum atomic E-state index is 5.68. The van der Waals surface area contributed by atoms with Gasteiger partial charge in [-0.15, -0.1) is 0 Å². The molecule has 1 saturated heterocycles. The highest BCUT2D eigenvalue weighted by atomic mass is 32.1. The van der Waals surface area contributed by atoms with Crippen LogP contribution in [-0.2, 0) is 0 Å². The molecule has 3 heterocycles. The molecule has 1 aliphatic carbocycles. The number of hydrogen-bond donors (Lipinski definition) is 2. The van der Waals surface area contributed by atoms with Gasteiger partial charge in [-0.25, -0.2) is 0 Å². The van der Waals surface area contributed by atoms with Crippen molar-refractivity contribution in [1.82, 2.24) is 20.2 Å². The maximum absolute atomic E-state index is 5.68. The van der Waals surface area contributed by atoms with E-state index in [4.69, 9.17) is 12.2 Å². The summed E-state index contributed by atoms with van der Waals surface area (Å²) in [6, 6.07) is 11.1. The van der Waals surface area contributed by atoms with Crippen molar-refractivity contribution in [3.05, 3.63) is 54.1 Å². The topological polar surface area (TPSA) is 44.0 Å². The first-order valence-electron chi connectivity index (χ1n) is 7.97. The largest absolute Gasteiger partial charge is 0.363 e. The van der Waals surface area contributed by atoms with Gasteiger partial charge < -0.3 is 15.2 Å². The number of nitrogens with one attached hydrogen (secondary N) is 2. The van der Waals surface area contributed by atoms with E-state index in [-0.39, 0.29) is 12.1 Å². The van der Waals surface area contributed by atoms with Crippen molar-refractivity contribution >= 4 is 17.3 Å². The van der Waals surface area contributed by atoms with Crippen LogP contribution in [0, 0.1) is 0 Å². The molecule has 0 aromatic carbocycles. The predicted molar refractivity (Wildman–Crippen MR) is 90.3 cm³/mol. The third-order valence-corrected chi connectivity index (χ3v) is 5.12. The quantitative estimate of drug-likeness (QED) is 0.853. The van der Waals surface area contributed by atoms with Crippen LogP contribution in [0.1, 0.15) is 49.2 Å². The van der Waals surface area contributed by atoms with Crippen molar-refractivity contribution in [3.8, 4) is 0 Å². The van der Waals surface area contributed by atoms with Gasteiger partial charge in [0.2, 0.25) is 0 Å². The molecule has 0 unspecified atom stereocenters. The van der Waals surface area contributed by atoms with Crippen LogP contribution in [0.15, 0.2) is 42.7 Å². The van der Waals surface area contributed by atoms with Crippen LogP contribution >= 0.6 is 12.2 Å². The molecule has 2 aromatic rings. The van der Waals surface area contributed by atoms with Gasteiger partial charge in [-0.2, -0.15) is 0 Å². The van der Waals surface area contributed by atoms with E-state index in [0.29, 0.717) is 6.04 Å². The smallest absolute Gasteiger partial charge is 0.170 e. The summed E-state index contributed by atoms with van der Waals surface area (Å²) < 4.78 is 0. The van der Waals surface area contributed by atoms with Crippen LogP contribution in [0.2, 0.25) is 0 Å². The van der Waals surface area contributed by atoms with Gasteiger partial charge >= 0.3 is 0 Å². The first-order chi connectivity index (χ1) is 10.8. The van der Waals surface area contributed by atoms with Gasteiger partial charge in [-0.1, -0.05) is 18.9 Å². The number of hydrogen-bond acceptors (Lipinski definition) is 2. The summed E-state index contributed by atoms with van der Waals surface area (Å²) in [5, 5.41) is 4.37. The number of rotatable bonds is 3. The number of pyridine rings is 1. The summed E-state index contributed by atoms with van der Waals surface area (Å²) in [6.45, 7) is 0. The SMILES string of the molecule is S=C1N[C@@H](c2ccccn2)[C@@H](c2ccc[nH]2)N1C1CCCC1. The highest BCUT2D eigenvalue weighted by Gasteiger charge is 2.43. The predicted octanol–water partition coefficient (Wildman–Crippen LogP) is 3.32. The molecule has 2 aliphatic rings. The molecule has 0 bridgehead atoms. The fourth-order valence-electron chi connectivity index (χ4n) is 3.80. The minimum atomic E-state index is 0.105. The molecule has 1 saturated carbocycles. The molecule has 2 N–H and O–H groups in total. The van der Waals surface area contributed by atoms with Gasteiger partial charge in [0.1, 0.15) is 0 Å². The van der Waals surface area contributed by atoms with Gasteiger partial charge in [0.05, 0.1) is 17.8 Å². The Morgan fingerprint density at radius 2 is 2.00 bits per heavy atom. The van der Waals surface area contributed by atoms with Crippen LogP contribution in [0.25, 0.3) is 0 Å². The lowest BCUT2D eigenvalue weighted by atomic mass is 10.00. The summed E-state index contributed by atoms with van der Waals surface area (Å²) in [5.41, 5.74) is 2.25. The Kier molecular flexibility index (Phi) is 3.58. The third-order valence-electron chi connectivity index (χ3n) is 4.79. The molecule has 2 fully saturated rings. The number of aromatic amines is 1. The molecule has 2 aromatic heterocycles. The van der Waals surface area contributed by atoms with Crippen molar-refractivity contribution in [2.45, 2.75) is 43.8 Å². The molecular formula is C17H20N4S. The minimum Gasteiger partial charge on any atom is -0.363 e. The summed E-state index contributed by atoms with van der Waals surface area (Å²) in [7, 11) is 0. The number of aromatic nitrogens is 2. The van der Waals surface area contributed by atoms with E-state index in [1.54, 1.807) is 0 Å². The second-order valence-electron chi connectivity index (χ2n) is 6.10. The Balaban J connectivity index is 1.74. The molecular weight excluding hydrogens is 292 g/mol. The van der Waals surface area contributed by atoms with Crippen molar-refractivity contribution in [2.75, 3.05) is 0 Å². The molecule has 0 spiro atoms. The Morgan fingerprint density at radius 3 is 2.68 bits per heavy atom. The van der Waals surface area contributed by atoms with Crippen molar-refractivity contribution in [2.24, 2.45) is 0 Å². The van der Waals surface area contributed by atoms with E-state index in [9.17, 15) is 0 Å². The van der Waals surface area contributed by atoms with Gasteiger partial charge in [0.15, 0.2) is 5.11 Å². The summed E-state index contributed by atoms with van der Waals surface area (Å²) in [4.78, 5) is 10.3. The Hall–Kier alpha value is -1.88. The van der Waals surface area contributed by atoms with E-state index in [0.717, 1.165) is 10.8 Å². The van der Waals surface area contributed by atoms with Gasteiger partial charge in [-0.05, 0) is 49.3 Å². The van der Waals surface area contributed by atoms with E-state index < -0.39 is 0 Å². The Labute approximate surface area is 135 Å². The van der Waals surface area contributed by atoms with E-state index in [2.05, 4.69) is 38.4 Å². The van der Waals surface area contributed by atoms with E-state index in [1.165, 1.54) is 31.4 Å². The monoisotopic (exact) mass is 312 g/mol. The molecule has 1 aliphatic heterocycles. The molecule has 2 atom stereocenters. The first-order valence-corrected chi connectivity index (χ1v) is 8.38. The fraction of sp³-hybridized carbons (Fsp3) is 0.412. The summed E-state index contributed by atoms with van der Waals surface area (Å²) in [5.74, 6) is 0.